The van der Waals surface area contributed by atoms with E-state index in [0.717, 1.165) is 30.5 Å². The summed E-state index contributed by atoms with van der Waals surface area (Å²) < 4.78 is 37.7. The van der Waals surface area contributed by atoms with E-state index in [2.05, 4.69) is 10.6 Å². The van der Waals surface area contributed by atoms with Crippen LogP contribution in [-0.2, 0) is 15.8 Å². The molecule has 3 rings (SSSR count). The molecule has 1 fully saturated rings. The molecule has 0 spiro atoms. The molecule has 1 saturated carbocycles. The van der Waals surface area contributed by atoms with Crippen molar-refractivity contribution in [3.8, 4) is 0 Å². The van der Waals surface area contributed by atoms with Crippen LogP contribution < -0.4 is 10.6 Å². The molecule has 0 aromatic heterocycles. The van der Waals surface area contributed by atoms with Crippen LogP contribution in [0.25, 0.3) is 6.08 Å². The summed E-state index contributed by atoms with van der Waals surface area (Å²) in [7, 11) is 0. The fourth-order valence-electron chi connectivity index (χ4n) is 2.74. The Kier molecular flexibility index (Phi) is 6.06. The first kappa shape index (κ1) is 20.6. The molecule has 2 aromatic carbocycles. The first-order chi connectivity index (χ1) is 13.7. The van der Waals surface area contributed by atoms with E-state index >= 15 is 0 Å². The van der Waals surface area contributed by atoms with Crippen LogP contribution in [0.3, 0.4) is 0 Å². The Labute approximate surface area is 166 Å². The highest BCUT2D eigenvalue weighted by Gasteiger charge is 2.30. The maximum Gasteiger partial charge on any atom is 0.416 e. The van der Waals surface area contributed by atoms with Crippen molar-refractivity contribution in [2.45, 2.75) is 32.0 Å². The number of amides is 2. The Morgan fingerprint density at radius 3 is 2.21 bits per heavy atom. The van der Waals surface area contributed by atoms with Crippen molar-refractivity contribution in [3.63, 3.8) is 0 Å². The summed E-state index contributed by atoms with van der Waals surface area (Å²) in [6.45, 7) is 1.82. The van der Waals surface area contributed by atoms with Gasteiger partial charge in [0, 0.05) is 17.7 Å². The molecule has 1 unspecified atom stereocenters. The van der Waals surface area contributed by atoms with Crippen molar-refractivity contribution in [1.82, 2.24) is 5.32 Å². The summed E-state index contributed by atoms with van der Waals surface area (Å²) in [5.41, 5.74) is 1.35. The second-order valence-corrected chi connectivity index (χ2v) is 7.07. The Hall–Kier alpha value is -3.09. The zero-order valence-electron chi connectivity index (χ0n) is 15.8. The smallest absolute Gasteiger partial charge is 0.346 e. The van der Waals surface area contributed by atoms with Gasteiger partial charge in [-0.1, -0.05) is 24.3 Å². The molecule has 1 aliphatic carbocycles. The van der Waals surface area contributed by atoms with Gasteiger partial charge in [0.05, 0.1) is 11.6 Å². The van der Waals surface area contributed by atoms with Crippen molar-refractivity contribution in [2.75, 3.05) is 5.32 Å². The highest BCUT2D eigenvalue weighted by molar-refractivity contribution is 5.94. The highest BCUT2D eigenvalue weighted by Crippen LogP contribution is 2.30. The van der Waals surface area contributed by atoms with Gasteiger partial charge < -0.3 is 10.6 Å². The Balaban J connectivity index is 1.53. The average Bonchev–Trinajstić information content (AvgIpc) is 3.52. The maximum absolute atomic E-state index is 12.6. The van der Waals surface area contributed by atoms with Crippen LogP contribution in [0.1, 0.15) is 42.5 Å². The Morgan fingerprint density at radius 1 is 1.03 bits per heavy atom. The normalized spacial score (nSPS) is 15.2. The third kappa shape index (κ3) is 5.94. The molecule has 2 N–H and O–H groups in total. The zero-order valence-corrected chi connectivity index (χ0v) is 15.8. The summed E-state index contributed by atoms with van der Waals surface area (Å²) in [4.78, 5) is 23.8. The third-order valence-corrected chi connectivity index (χ3v) is 4.65. The number of halogens is 3. The van der Waals surface area contributed by atoms with Gasteiger partial charge in [-0.05, 0) is 61.2 Å². The van der Waals surface area contributed by atoms with Crippen LogP contribution in [0.4, 0.5) is 18.9 Å². The molecule has 152 valence electrons. The van der Waals surface area contributed by atoms with E-state index in [9.17, 15) is 22.8 Å². The zero-order chi connectivity index (χ0) is 21.0. The second-order valence-electron chi connectivity index (χ2n) is 7.07. The largest absolute Gasteiger partial charge is 0.416 e. The SMILES string of the molecule is CC(NC(=O)/C=C/c1ccc(C(F)(F)F)cc1)c1ccc(NC(=O)C2CC2)cc1. The minimum Gasteiger partial charge on any atom is -0.346 e. The van der Waals surface area contributed by atoms with Crippen LogP contribution in [0.15, 0.2) is 54.6 Å². The van der Waals surface area contributed by atoms with E-state index in [1.807, 2.05) is 19.1 Å². The molecule has 0 aliphatic heterocycles. The molecular weight excluding hydrogens is 381 g/mol. The van der Waals surface area contributed by atoms with Gasteiger partial charge in [0.2, 0.25) is 11.8 Å². The molecule has 0 bridgehead atoms. The van der Waals surface area contributed by atoms with E-state index in [4.69, 9.17) is 0 Å². The summed E-state index contributed by atoms with van der Waals surface area (Å²) in [5.74, 6) is -0.194. The van der Waals surface area contributed by atoms with Crippen LogP contribution in [0.2, 0.25) is 0 Å². The summed E-state index contributed by atoms with van der Waals surface area (Å²) in [6.07, 6.45) is 0.229. The number of benzene rings is 2. The average molecular weight is 402 g/mol. The first-order valence-corrected chi connectivity index (χ1v) is 9.29. The van der Waals surface area contributed by atoms with Gasteiger partial charge in [-0.3, -0.25) is 9.59 Å². The summed E-state index contributed by atoms with van der Waals surface area (Å²) in [5, 5.41) is 5.65. The lowest BCUT2D eigenvalue weighted by molar-refractivity contribution is -0.137. The lowest BCUT2D eigenvalue weighted by Crippen LogP contribution is -2.24. The quantitative estimate of drug-likeness (QED) is 0.672. The number of alkyl halides is 3. The molecule has 0 radical (unpaired) electrons. The van der Waals surface area contributed by atoms with Crippen molar-refractivity contribution in [2.24, 2.45) is 5.92 Å². The monoisotopic (exact) mass is 402 g/mol. The fraction of sp³-hybridized carbons (Fsp3) is 0.273. The molecule has 1 aliphatic rings. The third-order valence-electron chi connectivity index (χ3n) is 4.65. The Bertz CT molecular complexity index is 899. The van der Waals surface area contributed by atoms with Crippen LogP contribution >= 0.6 is 0 Å². The minimum absolute atomic E-state index is 0.0347. The number of hydrogen-bond donors (Lipinski definition) is 2. The van der Waals surface area contributed by atoms with E-state index in [1.165, 1.54) is 24.3 Å². The van der Waals surface area contributed by atoms with Gasteiger partial charge in [-0.25, -0.2) is 0 Å². The molecule has 7 heteroatoms. The molecule has 0 heterocycles. The lowest BCUT2D eigenvalue weighted by atomic mass is 10.1. The van der Waals surface area contributed by atoms with E-state index in [0.29, 0.717) is 11.3 Å². The summed E-state index contributed by atoms with van der Waals surface area (Å²) >= 11 is 0. The van der Waals surface area contributed by atoms with Crippen LogP contribution in [0.5, 0.6) is 0 Å². The molecule has 0 saturated heterocycles. The van der Waals surface area contributed by atoms with Crippen LogP contribution in [-0.4, -0.2) is 11.8 Å². The van der Waals surface area contributed by atoms with Crippen molar-refractivity contribution in [1.29, 1.82) is 0 Å². The van der Waals surface area contributed by atoms with E-state index in [1.54, 1.807) is 12.1 Å². The first-order valence-electron chi connectivity index (χ1n) is 9.29. The van der Waals surface area contributed by atoms with E-state index < -0.39 is 11.7 Å². The highest BCUT2D eigenvalue weighted by atomic mass is 19.4. The number of anilines is 1. The van der Waals surface area contributed by atoms with Crippen molar-refractivity contribution >= 4 is 23.6 Å². The number of carbonyl (C=O) groups excluding carboxylic acids is 2. The van der Waals surface area contributed by atoms with Gasteiger partial charge in [0.15, 0.2) is 0 Å². The van der Waals surface area contributed by atoms with Gasteiger partial charge in [-0.15, -0.1) is 0 Å². The second kappa shape index (κ2) is 8.51. The molecule has 2 amide bonds. The van der Waals surface area contributed by atoms with Gasteiger partial charge in [-0.2, -0.15) is 13.2 Å². The standard InChI is InChI=1S/C22H21F3N2O2/c1-14(16-7-11-19(12-8-16)27-21(29)17-5-6-17)26-20(28)13-4-15-2-9-18(10-3-15)22(23,24)25/h2-4,7-14,17H,5-6H2,1H3,(H,26,28)(H,27,29)/b13-4+. The molecule has 1 atom stereocenters. The van der Waals surface area contributed by atoms with Gasteiger partial charge in [0.1, 0.15) is 0 Å². The van der Waals surface area contributed by atoms with Crippen molar-refractivity contribution < 1.29 is 22.8 Å². The number of rotatable bonds is 6. The molecule has 4 nitrogen and oxygen atoms in total. The Morgan fingerprint density at radius 2 is 1.66 bits per heavy atom. The van der Waals surface area contributed by atoms with Crippen LogP contribution in [0, 0.1) is 5.92 Å². The number of nitrogens with one attached hydrogen (secondary N) is 2. The number of hydrogen-bond acceptors (Lipinski definition) is 2. The number of carbonyl (C=O) groups is 2. The van der Waals surface area contributed by atoms with Gasteiger partial charge >= 0.3 is 6.18 Å². The predicted octanol–water partition coefficient (Wildman–Crippen LogP) is 4.94. The molecular formula is C22H21F3N2O2. The van der Waals surface area contributed by atoms with Crippen molar-refractivity contribution in [3.05, 3.63) is 71.3 Å². The van der Waals surface area contributed by atoms with Gasteiger partial charge in [0.25, 0.3) is 0 Å². The minimum atomic E-state index is -4.38. The fourth-order valence-corrected chi connectivity index (χ4v) is 2.74. The van der Waals surface area contributed by atoms with E-state index in [-0.39, 0.29) is 23.8 Å². The maximum atomic E-state index is 12.6. The topological polar surface area (TPSA) is 58.2 Å². The summed E-state index contributed by atoms with van der Waals surface area (Å²) in [6, 6.07) is 11.5. The molecule has 2 aromatic rings. The lowest BCUT2D eigenvalue weighted by Gasteiger charge is -2.14. The predicted molar refractivity (Wildman–Crippen MR) is 105 cm³/mol. The molecule has 29 heavy (non-hydrogen) atoms.